The maximum Gasteiger partial charge on any atom is 0.158 e. The van der Waals surface area contributed by atoms with Gasteiger partial charge in [0.05, 0.1) is 6.07 Å². The SMILES string of the molecule is CC1=C(CCCCCCCCCCCCCCC#N)C(C)(C)CCC1=O. The van der Waals surface area contributed by atoms with E-state index in [2.05, 4.69) is 19.9 Å². The summed E-state index contributed by atoms with van der Waals surface area (Å²) in [5.74, 6) is 0.379. The molecule has 0 N–H and O–H groups in total. The molecule has 0 aromatic carbocycles. The van der Waals surface area contributed by atoms with E-state index in [4.69, 9.17) is 5.26 Å². The van der Waals surface area contributed by atoms with Crippen LogP contribution in [0.1, 0.15) is 124 Å². The summed E-state index contributed by atoms with van der Waals surface area (Å²) in [6.45, 7) is 6.66. The number of unbranched alkanes of at least 4 members (excludes halogenated alkanes) is 12. The van der Waals surface area contributed by atoms with Crippen molar-refractivity contribution in [2.75, 3.05) is 0 Å². The third-order valence-electron chi connectivity index (χ3n) is 6.13. The molecule has 26 heavy (non-hydrogen) atoms. The van der Waals surface area contributed by atoms with E-state index in [0.29, 0.717) is 5.78 Å². The summed E-state index contributed by atoms with van der Waals surface area (Å²) in [5.41, 5.74) is 2.73. The van der Waals surface area contributed by atoms with Crippen molar-refractivity contribution in [3.05, 3.63) is 11.1 Å². The fourth-order valence-electron chi connectivity index (χ4n) is 4.24. The summed E-state index contributed by atoms with van der Waals surface area (Å²) in [7, 11) is 0. The van der Waals surface area contributed by atoms with E-state index in [9.17, 15) is 4.79 Å². The largest absolute Gasteiger partial charge is 0.295 e. The molecule has 0 aliphatic heterocycles. The predicted molar refractivity (Wildman–Crippen MR) is 111 cm³/mol. The van der Waals surface area contributed by atoms with Crippen LogP contribution in [0, 0.1) is 16.7 Å². The van der Waals surface area contributed by atoms with E-state index >= 15 is 0 Å². The standard InChI is InChI=1S/C24H41NO/c1-21-22(24(2,3)19-18-23(21)26)17-15-13-11-9-7-5-4-6-8-10-12-14-16-20-25/h4-19H2,1-3H3. The highest BCUT2D eigenvalue weighted by molar-refractivity contribution is 5.96. The Hall–Kier alpha value is -1.10. The maximum absolute atomic E-state index is 12.0. The summed E-state index contributed by atoms with van der Waals surface area (Å²) in [4.78, 5) is 12.0. The summed E-state index contributed by atoms with van der Waals surface area (Å²) in [6.07, 6.45) is 19.3. The van der Waals surface area contributed by atoms with Crippen molar-refractivity contribution in [2.45, 2.75) is 124 Å². The van der Waals surface area contributed by atoms with Crippen molar-refractivity contribution in [3.63, 3.8) is 0 Å². The average molecular weight is 360 g/mol. The lowest BCUT2D eigenvalue weighted by Crippen LogP contribution is -2.25. The van der Waals surface area contributed by atoms with Gasteiger partial charge in [-0.1, -0.05) is 83.6 Å². The van der Waals surface area contributed by atoms with Crippen LogP contribution in [0.2, 0.25) is 0 Å². The van der Waals surface area contributed by atoms with Crippen molar-refractivity contribution in [1.29, 1.82) is 5.26 Å². The Morgan fingerprint density at radius 1 is 0.846 bits per heavy atom. The lowest BCUT2D eigenvalue weighted by atomic mass is 9.70. The molecule has 0 saturated heterocycles. The summed E-state index contributed by atoms with van der Waals surface area (Å²) >= 11 is 0. The molecule has 2 heteroatoms. The highest BCUT2D eigenvalue weighted by Gasteiger charge is 2.31. The molecule has 1 rings (SSSR count). The molecule has 0 atom stereocenters. The molecule has 1 aliphatic rings. The van der Waals surface area contributed by atoms with Crippen molar-refractivity contribution in [3.8, 4) is 6.07 Å². The second kappa shape index (κ2) is 13.1. The number of allylic oxidation sites excluding steroid dienone is 2. The van der Waals surface area contributed by atoms with Crippen LogP contribution in [0.15, 0.2) is 11.1 Å². The molecule has 0 spiro atoms. The van der Waals surface area contributed by atoms with Crippen LogP contribution in [-0.2, 0) is 4.79 Å². The minimum atomic E-state index is 0.229. The van der Waals surface area contributed by atoms with E-state index in [1.54, 1.807) is 0 Å². The van der Waals surface area contributed by atoms with Gasteiger partial charge in [0.2, 0.25) is 0 Å². The van der Waals surface area contributed by atoms with Crippen LogP contribution in [0.5, 0.6) is 0 Å². The topological polar surface area (TPSA) is 40.9 Å². The lowest BCUT2D eigenvalue weighted by Gasteiger charge is -2.34. The fraction of sp³-hybridized carbons (Fsp3) is 0.833. The summed E-state index contributed by atoms with van der Waals surface area (Å²) < 4.78 is 0. The molecule has 0 radical (unpaired) electrons. The molecular weight excluding hydrogens is 318 g/mol. The van der Waals surface area contributed by atoms with Crippen LogP contribution in [0.4, 0.5) is 0 Å². The normalized spacial score (nSPS) is 16.8. The van der Waals surface area contributed by atoms with Gasteiger partial charge < -0.3 is 0 Å². The van der Waals surface area contributed by atoms with Crippen LogP contribution >= 0.6 is 0 Å². The Kier molecular flexibility index (Phi) is 11.6. The fourth-order valence-corrected chi connectivity index (χ4v) is 4.24. The molecule has 0 aromatic rings. The number of carbonyl (C=O) groups is 1. The van der Waals surface area contributed by atoms with Gasteiger partial charge in [-0.05, 0) is 43.6 Å². The molecule has 0 heterocycles. The monoisotopic (exact) mass is 359 g/mol. The highest BCUT2D eigenvalue weighted by atomic mass is 16.1. The Balaban J connectivity index is 1.97. The van der Waals surface area contributed by atoms with Crippen molar-refractivity contribution >= 4 is 5.78 Å². The second-order valence-electron chi connectivity index (χ2n) is 8.81. The molecular formula is C24H41NO. The number of Topliss-reactive ketones (excluding diaryl/α,β-unsaturated/α-hetero) is 1. The molecule has 0 saturated carbocycles. The quantitative estimate of drug-likeness (QED) is 0.298. The molecule has 148 valence electrons. The average Bonchev–Trinajstić information content (AvgIpc) is 2.61. The smallest absolute Gasteiger partial charge is 0.158 e. The van der Waals surface area contributed by atoms with Crippen LogP contribution in [0.25, 0.3) is 0 Å². The lowest BCUT2D eigenvalue weighted by molar-refractivity contribution is -0.116. The van der Waals surface area contributed by atoms with Gasteiger partial charge in [-0.25, -0.2) is 0 Å². The molecule has 2 nitrogen and oxygen atoms in total. The van der Waals surface area contributed by atoms with Gasteiger partial charge in [0, 0.05) is 12.8 Å². The number of carbonyl (C=O) groups excluding carboxylic acids is 1. The first-order valence-electron chi connectivity index (χ1n) is 11.1. The molecule has 0 fully saturated rings. The Bertz CT molecular complexity index is 481. The molecule has 1 aliphatic carbocycles. The van der Waals surface area contributed by atoms with Crippen molar-refractivity contribution in [1.82, 2.24) is 0 Å². The van der Waals surface area contributed by atoms with Gasteiger partial charge in [-0.3, -0.25) is 4.79 Å². The van der Waals surface area contributed by atoms with Crippen molar-refractivity contribution in [2.24, 2.45) is 5.41 Å². The van der Waals surface area contributed by atoms with E-state index in [-0.39, 0.29) is 5.41 Å². The van der Waals surface area contributed by atoms with Crippen LogP contribution in [0.3, 0.4) is 0 Å². The molecule has 0 bridgehead atoms. The minimum Gasteiger partial charge on any atom is -0.295 e. The predicted octanol–water partition coefficient (Wildman–Crippen LogP) is 7.68. The minimum absolute atomic E-state index is 0.229. The second-order valence-corrected chi connectivity index (χ2v) is 8.81. The van der Waals surface area contributed by atoms with E-state index in [0.717, 1.165) is 37.7 Å². The molecule has 0 amide bonds. The van der Waals surface area contributed by atoms with Crippen LogP contribution < -0.4 is 0 Å². The number of nitriles is 1. The maximum atomic E-state index is 12.0. The number of ketones is 1. The Morgan fingerprint density at radius 3 is 1.81 bits per heavy atom. The van der Waals surface area contributed by atoms with Gasteiger partial charge in [0.25, 0.3) is 0 Å². The number of nitrogens with zero attached hydrogens (tertiary/aromatic N) is 1. The van der Waals surface area contributed by atoms with Gasteiger partial charge in [0.15, 0.2) is 5.78 Å². The summed E-state index contributed by atoms with van der Waals surface area (Å²) in [5, 5.41) is 8.49. The zero-order valence-corrected chi connectivity index (χ0v) is 17.7. The highest BCUT2D eigenvalue weighted by Crippen LogP contribution is 2.41. The first-order chi connectivity index (χ1) is 12.5. The van der Waals surface area contributed by atoms with Gasteiger partial charge in [-0.15, -0.1) is 0 Å². The Morgan fingerprint density at radius 2 is 1.31 bits per heavy atom. The van der Waals surface area contributed by atoms with E-state index < -0.39 is 0 Å². The van der Waals surface area contributed by atoms with Crippen LogP contribution in [-0.4, -0.2) is 5.78 Å². The van der Waals surface area contributed by atoms with Crippen molar-refractivity contribution < 1.29 is 4.79 Å². The van der Waals surface area contributed by atoms with Gasteiger partial charge in [-0.2, -0.15) is 5.26 Å². The van der Waals surface area contributed by atoms with E-state index in [1.165, 1.54) is 76.2 Å². The molecule has 0 aromatic heterocycles. The third-order valence-corrected chi connectivity index (χ3v) is 6.13. The van der Waals surface area contributed by atoms with E-state index in [1.807, 2.05) is 6.92 Å². The number of hydrogen-bond acceptors (Lipinski definition) is 2. The summed E-state index contributed by atoms with van der Waals surface area (Å²) in [6, 6.07) is 2.22. The molecule has 0 unspecified atom stereocenters. The first kappa shape index (κ1) is 22.9. The van der Waals surface area contributed by atoms with Gasteiger partial charge >= 0.3 is 0 Å². The first-order valence-corrected chi connectivity index (χ1v) is 11.1. The van der Waals surface area contributed by atoms with Gasteiger partial charge in [0.1, 0.15) is 0 Å². The number of hydrogen-bond donors (Lipinski definition) is 0. The number of rotatable bonds is 14. The zero-order valence-electron chi connectivity index (χ0n) is 17.7. The Labute approximate surface area is 162 Å². The zero-order chi connectivity index (χ0) is 19.3. The third kappa shape index (κ3) is 9.02.